The number of benzene rings is 2. The molecule has 28 heavy (non-hydrogen) atoms. The Morgan fingerprint density at radius 1 is 1.25 bits per heavy atom. The van der Waals surface area contributed by atoms with Crippen molar-refractivity contribution in [3.63, 3.8) is 0 Å². The summed E-state index contributed by atoms with van der Waals surface area (Å²) in [4.78, 5) is 26.5. The first-order chi connectivity index (χ1) is 13.4. The SMILES string of the molecule is Cc1ccc(-c2noc(CCC(=O)NCc3cc([N+](=O)[O-])ccc3O)n2)cc1. The number of nitrogens with zero attached hydrogens (tertiary/aromatic N) is 3. The second kappa shape index (κ2) is 8.30. The van der Waals surface area contributed by atoms with E-state index in [0.717, 1.165) is 11.1 Å². The average Bonchev–Trinajstić information content (AvgIpc) is 3.15. The maximum absolute atomic E-state index is 12.0. The molecule has 0 atom stereocenters. The van der Waals surface area contributed by atoms with Crippen molar-refractivity contribution in [2.24, 2.45) is 0 Å². The summed E-state index contributed by atoms with van der Waals surface area (Å²) in [6.07, 6.45) is 0.358. The van der Waals surface area contributed by atoms with Crippen LogP contribution in [0.15, 0.2) is 47.0 Å². The molecule has 2 N–H and O–H groups in total. The quantitative estimate of drug-likeness (QED) is 0.474. The monoisotopic (exact) mass is 382 g/mol. The van der Waals surface area contributed by atoms with E-state index in [2.05, 4.69) is 15.5 Å². The minimum Gasteiger partial charge on any atom is -0.508 e. The number of phenols is 1. The van der Waals surface area contributed by atoms with Crippen LogP contribution < -0.4 is 5.32 Å². The molecule has 3 aromatic rings. The normalized spacial score (nSPS) is 10.6. The minimum atomic E-state index is -0.564. The average molecular weight is 382 g/mol. The van der Waals surface area contributed by atoms with Gasteiger partial charge in [0.25, 0.3) is 5.69 Å². The second-order valence-corrected chi connectivity index (χ2v) is 6.22. The lowest BCUT2D eigenvalue weighted by Crippen LogP contribution is -2.23. The van der Waals surface area contributed by atoms with Crippen LogP contribution in [0.1, 0.15) is 23.4 Å². The first-order valence-corrected chi connectivity index (χ1v) is 8.55. The molecule has 0 spiro atoms. The highest BCUT2D eigenvalue weighted by Crippen LogP contribution is 2.22. The molecule has 0 aliphatic rings. The fraction of sp³-hybridized carbons (Fsp3) is 0.211. The lowest BCUT2D eigenvalue weighted by Gasteiger charge is -2.06. The molecule has 1 heterocycles. The van der Waals surface area contributed by atoms with Gasteiger partial charge < -0.3 is 14.9 Å². The summed E-state index contributed by atoms with van der Waals surface area (Å²) in [5.41, 5.74) is 2.06. The van der Waals surface area contributed by atoms with Gasteiger partial charge in [0.1, 0.15) is 5.75 Å². The Morgan fingerprint density at radius 2 is 2.00 bits per heavy atom. The second-order valence-electron chi connectivity index (χ2n) is 6.22. The van der Waals surface area contributed by atoms with Gasteiger partial charge in [-0.25, -0.2) is 0 Å². The van der Waals surface area contributed by atoms with E-state index in [1.807, 2.05) is 31.2 Å². The van der Waals surface area contributed by atoms with Crippen LogP contribution >= 0.6 is 0 Å². The van der Waals surface area contributed by atoms with Crippen molar-refractivity contribution in [1.82, 2.24) is 15.5 Å². The van der Waals surface area contributed by atoms with E-state index in [0.29, 0.717) is 11.7 Å². The summed E-state index contributed by atoms with van der Waals surface area (Å²) in [5.74, 6) is 0.368. The number of aromatic nitrogens is 2. The third kappa shape index (κ3) is 4.70. The number of aromatic hydroxyl groups is 1. The van der Waals surface area contributed by atoms with Gasteiger partial charge in [-0.1, -0.05) is 35.0 Å². The molecular weight excluding hydrogens is 364 g/mol. The van der Waals surface area contributed by atoms with Gasteiger partial charge in [-0.05, 0) is 13.0 Å². The lowest BCUT2D eigenvalue weighted by molar-refractivity contribution is -0.384. The predicted molar refractivity (Wildman–Crippen MR) is 99.4 cm³/mol. The summed E-state index contributed by atoms with van der Waals surface area (Å²) in [5, 5.41) is 27.1. The Kier molecular flexibility index (Phi) is 5.64. The molecule has 0 radical (unpaired) electrons. The van der Waals surface area contributed by atoms with E-state index in [1.165, 1.54) is 18.2 Å². The van der Waals surface area contributed by atoms with E-state index in [4.69, 9.17) is 4.52 Å². The third-order valence-electron chi connectivity index (χ3n) is 4.09. The molecule has 1 aromatic heterocycles. The predicted octanol–water partition coefficient (Wildman–Crippen LogP) is 2.91. The van der Waals surface area contributed by atoms with Crippen LogP contribution in [0, 0.1) is 17.0 Å². The van der Waals surface area contributed by atoms with Crippen molar-refractivity contribution in [2.45, 2.75) is 26.3 Å². The van der Waals surface area contributed by atoms with E-state index in [-0.39, 0.29) is 42.3 Å². The highest BCUT2D eigenvalue weighted by Gasteiger charge is 2.13. The van der Waals surface area contributed by atoms with Gasteiger partial charge in [0.05, 0.1) is 4.92 Å². The molecule has 0 unspecified atom stereocenters. The molecule has 3 rings (SSSR count). The molecule has 0 bridgehead atoms. The van der Waals surface area contributed by atoms with Crippen molar-refractivity contribution < 1.29 is 19.3 Å². The van der Waals surface area contributed by atoms with Gasteiger partial charge in [-0.3, -0.25) is 14.9 Å². The summed E-state index contributed by atoms with van der Waals surface area (Å²) < 4.78 is 5.17. The zero-order valence-electron chi connectivity index (χ0n) is 15.1. The summed E-state index contributed by atoms with van der Waals surface area (Å²) >= 11 is 0. The number of rotatable bonds is 7. The number of carbonyl (C=O) groups excluding carboxylic acids is 1. The first-order valence-electron chi connectivity index (χ1n) is 8.55. The summed E-state index contributed by atoms with van der Waals surface area (Å²) in [6.45, 7) is 1.96. The molecular formula is C19H18N4O5. The molecule has 1 amide bonds. The van der Waals surface area contributed by atoms with E-state index < -0.39 is 4.92 Å². The maximum atomic E-state index is 12.0. The Labute approximate surface area is 160 Å². The number of carbonyl (C=O) groups is 1. The standard InChI is InChI=1S/C19H18N4O5/c1-12-2-4-13(5-3-12)19-21-18(28-22-19)9-8-17(25)20-11-14-10-15(23(26)27)6-7-16(14)24/h2-7,10,24H,8-9,11H2,1H3,(H,20,25). The van der Waals surface area contributed by atoms with Crippen molar-refractivity contribution in [3.8, 4) is 17.1 Å². The zero-order valence-corrected chi connectivity index (χ0v) is 15.1. The molecule has 2 aromatic carbocycles. The van der Waals surface area contributed by atoms with Crippen molar-refractivity contribution in [2.75, 3.05) is 0 Å². The summed E-state index contributed by atoms with van der Waals surface area (Å²) in [6, 6.07) is 11.3. The van der Waals surface area contributed by atoms with E-state index in [1.54, 1.807) is 0 Å². The fourth-order valence-electron chi connectivity index (χ4n) is 2.51. The lowest BCUT2D eigenvalue weighted by atomic mass is 10.1. The number of nitro benzene ring substituents is 1. The van der Waals surface area contributed by atoms with Crippen LogP contribution in [0.25, 0.3) is 11.4 Å². The topological polar surface area (TPSA) is 131 Å². The highest BCUT2D eigenvalue weighted by atomic mass is 16.6. The van der Waals surface area contributed by atoms with Gasteiger partial charge in [0, 0.05) is 42.6 Å². The molecule has 144 valence electrons. The number of non-ortho nitro benzene ring substituents is 1. The number of phenolic OH excluding ortho intramolecular Hbond substituents is 1. The van der Waals surface area contributed by atoms with E-state index >= 15 is 0 Å². The summed E-state index contributed by atoms with van der Waals surface area (Å²) in [7, 11) is 0. The van der Waals surface area contributed by atoms with Gasteiger partial charge in [0.15, 0.2) is 0 Å². The maximum Gasteiger partial charge on any atom is 0.270 e. The van der Waals surface area contributed by atoms with Crippen LogP contribution in [-0.2, 0) is 17.8 Å². The Bertz CT molecular complexity index is 998. The minimum absolute atomic E-state index is 0.0230. The molecule has 0 aliphatic carbocycles. The third-order valence-corrected chi connectivity index (χ3v) is 4.09. The molecule has 0 saturated carbocycles. The highest BCUT2D eigenvalue weighted by molar-refractivity contribution is 5.76. The van der Waals surface area contributed by atoms with Crippen LogP contribution in [0.2, 0.25) is 0 Å². The number of hydrogen-bond acceptors (Lipinski definition) is 7. The van der Waals surface area contributed by atoms with Crippen molar-refractivity contribution in [1.29, 1.82) is 0 Å². The van der Waals surface area contributed by atoms with Crippen molar-refractivity contribution >= 4 is 11.6 Å². The number of nitrogens with one attached hydrogen (secondary N) is 1. The largest absolute Gasteiger partial charge is 0.508 e. The molecule has 9 heteroatoms. The smallest absolute Gasteiger partial charge is 0.270 e. The number of hydrogen-bond donors (Lipinski definition) is 2. The number of aryl methyl sites for hydroxylation is 2. The molecule has 0 saturated heterocycles. The van der Waals surface area contributed by atoms with Gasteiger partial charge >= 0.3 is 0 Å². The Balaban J connectivity index is 1.53. The fourth-order valence-corrected chi connectivity index (χ4v) is 2.51. The Hall–Kier alpha value is -3.75. The van der Waals surface area contributed by atoms with Gasteiger partial charge in [-0.2, -0.15) is 4.98 Å². The Morgan fingerprint density at radius 3 is 2.71 bits per heavy atom. The van der Waals surface area contributed by atoms with Crippen LogP contribution in [0.3, 0.4) is 0 Å². The van der Waals surface area contributed by atoms with Crippen LogP contribution in [-0.4, -0.2) is 26.1 Å². The number of amides is 1. The molecule has 0 fully saturated rings. The van der Waals surface area contributed by atoms with Crippen LogP contribution in [0.4, 0.5) is 5.69 Å². The van der Waals surface area contributed by atoms with Gasteiger partial charge in [-0.15, -0.1) is 0 Å². The molecule has 0 aliphatic heterocycles. The van der Waals surface area contributed by atoms with Crippen molar-refractivity contribution in [3.05, 3.63) is 69.6 Å². The number of nitro groups is 1. The van der Waals surface area contributed by atoms with Crippen LogP contribution in [0.5, 0.6) is 5.75 Å². The zero-order chi connectivity index (χ0) is 20.1. The van der Waals surface area contributed by atoms with E-state index in [9.17, 15) is 20.0 Å². The molecule has 9 nitrogen and oxygen atoms in total. The van der Waals surface area contributed by atoms with Gasteiger partial charge in [0.2, 0.25) is 17.6 Å². The first kappa shape index (κ1) is 19.0.